The maximum atomic E-state index is 10.5. The zero-order valence-electron chi connectivity index (χ0n) is 7.08. The molecule has 0 bridgehead atoms. The van der Waals surface area contributed by atoms with Gasteiger partial charge in [0.1, 0.15) is 0 Å². The maximum Gasteiger partial charge on any atom is 0.349 e. The molecule has 1 aromatic heterocycles. The van der Waals surface area contributed by atoms with Crippen molar-refractivity contribution in [2.24, 2.45) is 0 Å². The summed E-state index contributed by atoms with van der Waals surface area (Å²) in [5.74, 6) is 0.877. The average Bonchev–Trinajstić information content (AvgIpc) is 2.00. The normalized spacial score (nSPS) is 12.2. The van der Waals surface area contributed by atoms with Gasteiger partial charge >= 0.3 is 7.60 Å². The minimum Gasteiger partial charge on any atom is -0.321 e. The van der Waals surface area contributed by atoms with Gasteiger partial charge in [-0.15, -0.1) is 0 Å². The molecule has 0 aromatic carbocycles. The third-order valence-electron chi connectivity index (χ3n) is 1.38. The van der Waals surface area contributed by atoms with E-state index in [1.165, 1.54) is 6.08 Å². The van der Waals surface area contributed by atoms with Crippen LogP contribution in [0.4, 0.5) is 0 Å². The van der Waals surface area contributed by atoms with Crippen molar-refractivity contribution >= 4 is 13.7 Å². The highest BCUT2D eigenvalue weighted by molar-refractivity contribution is 7.55. The van der Waals surface area contributed by atoms with E-state index in [-0.39, 0.29) is 0 Å². The Morgan fingerprint density at radius 3 is 2.77 bits per heavy atom. The zero-order chi connectivity index (χ0) is 9.90. The predicted molar refractivity (Wildman–Crippen MR) is 50.1 cm³/mol. The molecule has 1 rings (SSSR count). The highest BCUT2D eigenvalue weighted by atomic mass is 31.2. The van der Waals surface area contributed by atoms with Crippen LogP contribution in [-0.4, -0.2) is 14.8 Å². The van der Waals surface area contributed by atoms with Crippen LogP contribution in [0.1, 0.15) is 11.3 Å². The lowest BCUT2D eigenvalue weighted by Crippen LogP contribution is -1.80. The first-order valence-corrected chi connectivity index (χ1v) is 5.33. The second-order valence-corrected chi connectivity index (χ2v) is 4.11. The van der Waals surface area contributed by atoms with E-state index >= 15 is 0 Å². The van der Waals surface area contributed by atoms with Gasteiger partial charge in [-0.1, -0.05) is 0 Å². The van der Waals surface area contributed by atoms with Crippen molar-refractivity contribution in [2.75, 3.05) is 0 Å². The summed E-state index contributed by atoms with van der Waals surface area (Å²) in [7, 11) is -4.05. The van der Waals surface area contributed by atoms with Crippen LogP contribution in [-0.2, 0) is 4.57 Å². The summed E-state index contributed by atoms with van der Waals surface area (Å²) in [5, 5.41) is 0. The third kappa shape index (κ3) is 3.99. The fourth-order valence-electron chi connectivity index (χ4n) is 0.854. The van der Waals surface area contributed by atoms with Crippen LogP contribution in [0.3, 0.4) is 0 Å². The molecule has 4 nitrogen and oxygen atoms in total. The zero-order valence-corrected chi connectivity index (χ0v) is 7.98. The predicted octanol–water partition coefficient (Wildman–Crippen LogP) is 1.54. The van der Waals surface area contributed by atoms with E-state index in [1.54, 1.807) is 18.3 Å². The van der Waals surface area contributed by atoms with Gasteiger partial charge in [-0.3, -0.25) is 9.55 Å². The van der Waals surface area contributed by atoms with Gasteiger partial charge in [-0.05, 0) is 30.7 Å². The van der Waals surface area contributed by atoms with E-state index in [2.05, 4.69) is 4.98 Å². The number of aryl methyl sites for hydroxylation is 1. The lowest BCUT2D eigenvalue weighted by atomic mass is 10.2. The van der Waals surface area contributed by atoms with E-state index < -0.39 is 7.60 Å². The van der Waals surface area contributed by atoms with Gasteiger partial charge < -0.3 is 9.79 Å². The van der Waals surface area contributed by atoms with E-state index in [1.807, 2.05) is 6.92 Å². The van der Waals surface area contributed by atoms with E-state index in [0.717, 1.165) is 17.1 Å². The molecule has 2 N–H and O–H groups in total. The van der Waals surface area contributed by atoms with Crippen molar-refractivity contribution in [3.8, 4) is 0 Å². The van der Waals surface area contributed by atoms with Gasteiger partial charge in [-0.25, -0.2) is 0 Å². The van der Waals surface area contributed by atoms with Crippen LogP contribution >= 0.6 is 7.60 Å². The quantitative estimate of drug-likeness (QED) is 0.708. The van der Waals surface area contributed by atoms with Crippen LogP contribution in [0.5, 0.6) is 0 Å². The van der Waals surface area contributed by atoms with Crippen molar-refractivity contribution in [3.05, 3.63) is 35.4 Å². The summed E-state index contributed by atoms with van der Waals surface area (Å²) in [6.07, 6.45) is 2.98. The molecular formula is C8H10NO3P. The summed E-state index contributed by atoms with van der Waals surface area (Å²) >= 11 is 0. The minimum atomic E-state index is -4.05. The Morgan fingerprint density at radius 2 is 2.23 bits per heavy atom. The van der Waals surface area contributed by atoms with Gasteiger partial charge in [0.15, 0.2) is 0 Å². The number of rotatable bonds is 2. The molecule has 0 radical (unpaired) electrons. The molecule has 0 saturated carbocycles. The molecule has 0 atom stereocenters. The Kier molecular flexibility index (Phi) is 2.98. The van der Waals surface area contributed by atoms with Crippen molar-refractivity contribution < 1.29 is 14.4 Å². The van der Waals surface area contributed by atoms with E-state index in [4.69, 9.17) is 9.79 Å². The Labute approximate surface area is 76.1 Å². The molecule has 0 amide bonds. The van der Waals surface area contributed by atoms with Gasteiger partial charge in [0.2, 0.25) is 0 Å². The second-order valence-electron chi connectivity index (χ2n) is 2.64. The summed E-state index contributed by atoms with van der Waals surface area (Å²) in [4.78, 5) is 21.1. The first-order valence-electron chi connectivity index (χ1n) is 3.64. The second kappa shape index (κ2) is 3.83. The summed E-state index contributed by atoms with van der Waals surface area (Å²) < 4.78 is 10.5. The summed E-state index contributed by atoms with van der Waals surface area (Å²) in [5.41, 5.74) is 1.55. The van der Waals surface area contributed by atoms with Crippen molar-refractivity contribution in [3.63, 3.8) is 0 Å². The van der Waals surface area contributed by atoms with Crippen LogP contribution in [0.25, 0.3) is 6.08 Å². The minimum absolute atomic E-state index is 0.732. The molecule has 0 aliphatic carbocycles. The fourth-order valence-corrected chi connectivity index (χ4v) is 1.22. The largest absolute Gasteiger partial charge is 0.349 e. The molecule has 13 heavy (non-hydrogen) atoms. The van der Waals surface area contributed by atoms with E-state index in [0.29, 0.717) is 0 Å². The molecule has 0 spiro atoms. The molecule has 0 saturated heterocycles. The highest BCUT2D eigenvalue weighted by Gasteiger charge is 2.04. The Balaban J connectivity index is 2.87. The lowest BCUT2D eigenvalue weighted by molar-refractivity contribution is 0.386. The Morgan fingerprint density at radius 1 is 1.54 bits per heavy atom. The molecule has 0 aliphatic heterocycles. The molecule has 70 valence electrons. The summed E-state index contributed by atoms with van der Waals surface area (Å²) in [6.45, 7) is 1.81. The number of pyridine rings is 1. The maximum absolute atomic E-state index is 10.5. The smallest absolute Gasteiger partial charge is 0.321 e. The number of aromatic nitrogens is 1. The molecule has 0 unspecified atom stereocenters. The van der Waals surface area contributed by atoms with Gasteiger partial charge in [-0.2, -0.15) is 0 Å². The number of hydrogen-bond donors (Lipinski definition) is 2. The lowest BCUT2D eigenvalue weighted by Gasteiger charge is -1.96. The van der Waals surface area contributed by atoms with Crippen LogP contribution in [0.15, 0.2) is 24.1 Å². The van der Waals surface area contributed by atoms with Crippen molar-refractivity contribution in [1.29, 1.82) is 0 Å². The van der Waals surface area contributed by atoms with Crippen molar-refractivity contribution in [1.82, 2.24) is 4.98 Å². The monoisotopic (exact) mass is 199 g/mol. The highest BCUT2D eigenvalue weighted by Crippen LogP contribution is 2.36. The first-order chi connectivity index (χ1) is 5.97. The summed E-state index contributed by atoms with van der Waals surface area (Å²) in [6, 6.07) is 3.42. The van der Waals surface area contributed by atoms with Crippen LogP contribution in [0.2, 0.25) is 0 Å². The first kappa shape index (κ1) is 10.1. The molecule has 1 aromatic rings. The fraction of sp³-hybridized carbons (Fsp3) is 0.125. The average molecular weight is 199 g/mol. The topological polar surface area (TPSA) is 70.4 Å². The van der Waals surface area contributed by atoms with Crippen LogP contribution in [0, 0.1) is 6.92 Å². The van der Waals surface area contributed by atoms with Gasteiger partial charge in [0, 0.05) is 17.7 Å². The van der Waals surface area contributed by atoms with Crippen molar-refractivity contribution in [2.45, 2.75) is 6.92 Å². The SMILES string of the molecule is Cc1cc(/C=C/P(=O)(O)O)ccn1. The standard InChI is InChI=1S/C8H10NO3P/c1-7-6-8(2-4-9-7)3-5-13(10,11)12/h2-6H,1H3,(H2,10,11,12)/b5-3+. The Hall–Kier alpha value is -0.960. The third-order valence-corrected chi connectivity index (χ3v) is 1.92. The molecule has 0 aliphatic rings. The molecule has 0 fully saturated rings. The molecular weight excluding hydrogens is 189 g/mol. The number of nitrogens with zero attached hydrogens (tertiary/aromatic N) is 1. The molecule has 1 heterocycles. The number of hydrogen-bond acceptors (Lipinski definition) is 2. The van der Waals surface area contributed by atoms with Gasteiger partial charge in [0.05, 0.1) is 0 Å². The van der Waals surface area contributed by atoms with Crippen LogP contribution < -0.4 is 0 Å². The Bertz CT molecular complexity index is 369. The van der Waals surface area contributed by atoms with Gasteiger partial charge in [0.25, 0.3) is 0 Å². The van der Waals surface area contributed by atoms with E-state index in [9.17, 15) is 4.57 Å². The molecule has 5 heteroatoms.